The number of aliphatic hydroxyl groups is 2. The van der Waals surface area contributed by atoms with E-state index in [0.29, 0.717) is 25.4 Å². The first-order valence-electron chi connectivity index (χ1n) is 12.6. The molecule has 0 aliphatic heterocycles. The van der Waals surface area contributed by atoms with Crippen LogP contribution in [-0.4, -0.2) is 61.6 Å². The standard InChI is InChI=1S/C28H35N3O6S/c1-2-16-37-27-18-23(10-11-25(27)28(34)31-38(35,36)17-4-15-32)22-8-6-21(7-9-22)12-14-30-20-26(33)24-5-3-13-29-19-24/h3,5-11,13,18-19,26,30,32-33H,2,4,12,14-17,20H2,1H3,(H,31,34)/t26-/m0/s1. The van der Waals surface area contributed by atoms with Crippen molar-refractivity contribution in [3.05, 3.63) is 83.7 Å². The molecule has 3 rings (SSSR count). The third-order valence-corrected chi connectivity index (χ3v) is 7.11. The molecular weight excluding hydrogens is 506 g/mol. The molecule has 0 radical (unpaired) electrons. The summed E-state index contributed by atoms with van der Waals surface area (Å²) in [6, 6.07) is 16.7. The number of aliphatic hydroxyl groups excluding tert-OH is 2. The number of carbonyl (C=O) groups is 1. The highest BCUT2D eigenvalue weighted by atomic mass is 32.2. The number of aromatic nitrogens is 1. The first kappa shape index (κ1) is 29.2. The van der Waals surface area contributed by atoms with E-state index in [1.165, 1.54) is 0 Å². The van der Waals surface area contributed by atoms with Gasteiger partial charge in [0.25, 0.3) is 5.91 Å². The lowest BCUT2D eigenvalue weighted by Crippen LogP contribution is -2.33. The Hall–Kier alpha value is -3.31. The zero-order valence-corrected chi connectivity index (χ0v) is 22.3. The highest BCUT2D eigenvalue weighted by Gasteiger charge is 2.20. The first-order valence-corrected chi connectivity index (χ1v) is 14.3. The normalized spacial score (nSPS) is 12.2. The Morgan fingerprint density at radius 2 is 1.87 bits per heavy atom. The van der Waals surface area contributed by atoms with Gasteiger partial charge in [-0.1, -0.05) is 43.3 Å². The quantitative estimate of drug-likeness (QED) is 0.216. The Bertz CT molecular complexity index is 1270. The molecule has 0 unspecified atom stereocenters. The van der Waals surface area contributed by atoms with Gasteiger partial charge >= 0.3 is 0 Å². The van der Waals surface area contributed by atoms with Crippen molar-refractivity contribution in [1.29, 1.82) is 0 Å². The predicted molar refractivity (Wildman–Crippen MR) is 146 cm³/mol. The van der Waals surface area contributed by atoms with E-state index in [1.807, 2.05) is 42.0 Å². The molecule has 1 heterocycles. The second kappa shape index (κ2) is 14.6. The van der Waals surface area contributed by atoms with Crippen LogP contribution < -0.4 is 14.8 Å². The van der Waals surface area contributed by atoms with E-state index in [1.54, 1.807) is 36.7 Å². The van der Waals surface area contributed by atoms with Crippen molar-refractivity contribution in [1.82, 2.24) is 15.0 Å². The van der Waals surface area contributed by atoms with Gasteiger partial charge in [-0.25, -0.2) is 13.1 Å². The average molecular weight is 542 g/mol. The minimum atomic E-state index is -3.86. The molecule has 1 amide bonds. The summed E-state index contributed by atoms with van der Waals surface area (Å²) >= 11 is 0. The summed E-state index contributed by atoms with van der Waals surface area (Å²) in [7, 11) is -3.86. The van der Waals surface area contributed by atoms with Gasteiger partial charge in [0.05, 0.1) is 24.0 Å². The molecule has 0 fully saturated rings. The van der Waals surface area contributed by atoms with Gasteiger partial charge < -0.3 is 20.3 Å². The number of benzene rings is 2. The lowest BCUT2D eigenvalue weighted by atomic mass is 10.0. The van der Waals surface area contributed by atoms with E-state index >= 15 is 0 Å². The van der Waals surface area contributed by atoms with Gasteiger partial charge in [-0.2, -0.15) is 0 Å². The van der Waals surface area contributed by atoms with Crippen LogP contribution in [0.25, 0.3) is 11.1 Å². The molecule has 0 aliphatic carbocycles. The number of ether oxygens (including phenoxy) is 1. The molecular formula is C28H35N3O6S. The molecule has 0 saturated heterocycles. The summed E-state index contributed by atoms with van der Waals surface area (Å²) < 4.78 is 32.0. The molecule has 1 aromatic heterocycles. The van der Waals surface area contributed by atoms with Crippen LogP contribution in [-0.2, 0) is 16.4 Å². The van der Waals surface area contributed by atoms with Crippen LogP contribution in [0.15, 0.2) is 67.0 Å². The topological polar surface area (TPSA) is 138 Å². The molecule has 204 valence electrons. The Morgan fingerprint density at radius 3 is 2.55 bits per heavy atom. The second-order valence-electron chi connectivity index (χ2n) is 8.84. The Kier molecular flexibility index (Phi) is 11.2. The molecule has 3 aromatic rings. The van der Waals surface area contributed by atoms with Crippen LogP contribution >= 0.6 is 0 Å². The third-order valence-electron chi connectivity index (χ3n) is 5.79. The van der Waals surface area contributed by atoms with Gasteiger partial charge in [0.15, 0.2) is 0 Å². The van der Waals surface area contributed by atoms with Crippen molar-refractivity contribution in [2.45, 2.75) is 32.3 Å². The van der Waals surface area contributed by atoms with Crippen LogP contribution in [0.4, 0.5) is 0 Å². The number of rotatable bonds is 15. The Morgan fingerprint density at radius 1 is 1.11 bits per heavy atom. The number of nitrogens with one attached hydrogen (secondary N) is 2. The zero-order valence-electron chi connectivity index (χ0n) is 21.5. The number of hydrogen-bond donors (Lipinski definition) is 4. The molecule has 10 heteroatoms. The summed E-state index contributed by atoms with van der Waals surface area (Å²) in [5.41, 5.74) is 3.80. The number of carbonyl (C=O) groups excluding carboxylic acids is 1. The smallest absolute Gasteiger partial charge is 0.268 e. The van der Waals surface area contributed by atoms with Gasteiger partial charge in [-0.05, 0) is 60.7 Å². The van der Waals surface area contributed by atoms with Crippen LogP contribution in [0.3, 0.4) is 0 Å². The molecule has 9 nitrogen and oxygen atoms in total. The van der Waals surface area contributed by atoms with E-state index in [-0.39, 0.29) is 24.3 Å². The van der Waals surface area contributed by atoms with Crippen LogP contribution in [0.2, 0.25) is 0 Å². The Balaban J connectivity index is 1.63. The summed E-state index contributed by atoms with van der Waals surface area (Å²) in [4.78, 5) is 16.7. The number of amides is 1. The van der Waals surface area contributed by atoms with E-state index in [9.17, 15) is 18.3 Å². The number of nitrogens with zero attached hydrogens (tertiary/aromatic N) is 1. The Labute approximate surface area is 224 Å². The monoisotopic (exact) mass is 541 g/mol. The molecule has 0 bridgehead atoms. The van der Waals surface area contributed by atoms with E-state index < -0.39 is 22.0 Å². The van der Waals surface area contributed by atoms with Crippen molar-refractivity contribution in [3.63, 3.8) is 0 Å². The fourth-order valence-electron chi connectivity index (χ4n) is 3.75. The molecule has 0 spiro atoms. The van der Waals surface area contributed by atoms with Gasteiger partial charge in [-0.3, -0.25) is 9.78 Å². The minimum absolute atomic E-state index is 0.0418. The van der Waals surface area contributed by atoms with Crippen molar-refractivity contribution in [2.24, 2.45) is 0 Å². The summed E-state index contributed by atoms with van der Waals surface area (Å²) in [6.45, 7) is 3.18. The lowest BCUT2D eigenvalue weighted by molar-refractivity contribution is 0.0977. The zero-order chi connectivity index (χ0) is 27.4. The SMILES string of the molecule is CCCOc1cc(-c2ccc(CCNC[C@H](O)c3cccnc3)cc2)ccc1C(=O)NS(=O)(=O)CCCO. The number of hydrogen-bond acceptors (Lipinski definition) is 8. The van der Waals surface area contributed by atoms with Crippen LogP contribution in [0, 0.1) is 0 Å². The second-order valence-corrected chi connectivity index (χ2v) is 10.7. The molecule has 0 saturated carbocycles. The maximum absolute atomic E-state index is 12.7. The van der Waals surface area contributed by atoms with Crippen molar-refractivity contribution >= 4 is 15.9 Å². The van der Waals surface area contributed by atoms with Gasteiger partial charge in [-0.15, -0.1) is 0 Å². The summed E-state index contributed by atoms with van der Waals surface area (Å²) in [5.74, 6) is -0.803. The maximum Gasteiger partial charge on any atom is 0.268 e. The van der Waals surface area contributed by atoms with Crippen LogP contribution in [0.5, 0.6) is 5.75 Å². The van der Waals surface area contributed by atoms with Gasteiger partial charge in [0.1, 0.15) is 5.75 Å². The largest absolute Gasteiger partial charge is 0.493 e. The van der Waals surface area contributed by atoms with Crippen LogP contribution in [0.1, 0.15) is 47.4 Å². The third kappa shape index (κ3) is 8.91. The summed E-state index contributed by atoms with van der Waals surface area (Å²) in [6.07, 6.45) is 4.27. The summed E-state index contributed by atoms with van der Waals surface area (Å²) in [5, 5.41) is 22.4. The molecule has 4 N–H and O–H groups in total. The van der Waals surface area contributed by atoms with Crippen molar-refractivity contribution in [3.8, 4) is 16.9 Å². The van der Waals surface area contributed by atoms with Gasteiger partial charge in [0, 0.05) is 31.1 Å². The van der Waals surface area contributed by atoms with E-state index in [2.05, 4.69) is 10.3 Å². The molecule has 1 atom stereocenters. The molecule has 2 aromatic carbocycles. The van der Waals surface area contributed by atoms with Crippen molar-refractivity contribution in [2.75, 3.05) is 32.1 Å². The fourth-order valence-corrected chi connectivity index (χ4v) is 4.75. The highest BCUT2D eigenvalue weighted by molar-refractivity contribution is 7.90. The number of pyridine rings is 1. The molecule has 38 heavy (non-hydrogen) atoms. The predicted octanol–water partition coefficient (Wildman–Crippen LogP) is 2.85. The molecule has 0 aliphatic rings. The van der Waals surface area contributed by atoms with Crippen molar-refractivity contribution < 1.29 is 28.2 Å². The first-order chi connectivity index (χ1) is 18.3. The number of sulfonamides is 1. The average Bonchev–Trinajstić information content (AvgIpc) is 2.93. The highest BCUT2D eigenvalue weighted by Crippen LogP contribution is 2.28. The van der Waals surface area contributed by atoms with E-state index in [4.69, 9.17) is 9.84 Å². The van der Waals surface area contributed by atoms with Gasteiger partial charge in [0.2, 0.25) is 10.0 Å². The van der Waals surface area contributed by atoms with E-state index in [0.717, 1.165) is 35.1 Å². The maximum atomic E-state index is 12.7. The lowest BCUT2D eigenvalue weighted by Gasteiger charge is -2.14. The minimum Gasteiger partial charge on any atom is -0.493 e. The fraction of sp³-hybridized carbons (Fsp3) is 0.357.